The van der Waals surface area contributed by atoms with E-state index in [1.165, 1.54) is 19.0 Å². The Labute approximate surface area is 146 Å². The molecule has 0 aliphatic rings. The van der Waals surface area contributed by atoms with Crippen LogP contribution in [0.4, 0.5) is 17.5 Å². The van der Waals surface area contributed by atoms with Crippen molar-refractivity contribution in [1.29, 1.82) is 0 Å². The summed E-state index contributed by atoms with van der Waals surface area (Å²) in [5, 5.41) is 14.7. The van der Waals surface area contributed by atoms with Crippen molar-refractivity contribution in [1.82, 2.24) is 15.2 Å². The van der Waals surface area contributed by atoms with Crippen LogP contribution in [0.25, 0.3) is 0 Å². The number of aromatic nitrogens is 3. The second-order valence-corrected chi connectivity index (χ2v) is 5.52. The second-order valence-electron chi connectivity index (χ2n) is 5.11. The zero-order valence-electron chi connectivity index (χ0n) is 14.1. The molecular weight excluding hydrogens is 330 g/mol. The highest BCUT2D eigenvalue weighted by molar-refractivity contribution is 6.32. The van der Waals surface area contributed by atoms with Crippen LogP contribution in [0.5, 0.6) is 11.5 Å². The van der Waals surface area contributed by atoms with Crippen LogP contribution in [0, 0.1) is 0 Å². The van der Waals surface area contributed by atoms with Crippen molar-refractivity contribution in [2.75, 3.05) is 31.4 Å². The average Bonchev–Trinajstić information content (AvgIpc) is 2.60. The van der Waals surface area contributed by atoms with E-state index in [-0.39, 0.29) is 0 Å². The van der Waals surface area contributed by atoms with Crippen LogP contribution in [-0.2, 0) is 0 Å². The summed E-state index contributed by atoms with van der Waals surface area (Å²) in [4.78, 5) is 4.39. The number of nitrogens with zero attached hydrogens (tertiary/aromatic N) is 3. The van der Waals surface area contributed by atoms with Crippen molar-refractivity contribution < 1.29 is 9.47 Å². The molecule has 0 saturated carbocycles. The molecule has 0 amide bonds. The van der Waals surface area contributed by atoms with Gasteiger partial charge in [-0.15, -0.1) is 5.10 Å². The van der Waals surface area contributed by atoms with Gasteiger partial charge in [0.1, 0.15) is 11.5 Å². The van der Waals surface area contributed by atoms with Gasteiger partial charge in [0.2, 0.25) is 5.95 Å². The van der Waals surface area contributed by atoms with Gasteiger partial charge in [0.25, 0.3) is 0 Å². The van der Waals surface area contributed by atoms with Crippen LogP contribution in [0.3, 0.4) is 0 Å². The number of hydrogen-bond donors (Lipinski definition) is 2. The number of unbranched alkanes of at least 4 members (excludes halogenated alkanes) is 2. The van der Waals surface area contributed by atoms with Gasteiger partial charge in [0.05, 0.1) is 31.1 Å². The van der Waals surface area contributed by atoms with Gasteiger partial charge in [-0.25, -0.2) is 0 Å². The Morgan fingerprint density at radius 2 is 1.92 bits per heavy atom. The van der Waals surface area contributed by atoms with Crippen molar-refractivity contribution in [3.8, 4) is 11.5 Å². The van der Waals surface area contributed by atoms with Crippen LogP contribution in [-0.4, -0.2) is 35.9 Å². The minimum Gasteiger partial charge on any atom is -0.495 e. The van der Waals surface area contributed by atoms with Crippen LogP contribution in [0.2, 0.25) is 5.02 Å². The molecule has 0 unspecified atom stereocenters. The Balaban J connectivity index is 2.13. The van der Waals surface area contributed by atoms with E-state index >= 15 is 0 Å². The number of ether oxygens (including phenoxy) is 2. The lowest BCUT2D eigenvalue weighted by Gasteiger charge is -2.13. The summed E-state index contributed by atoms with van der Waals surface area (Å²) in [7, 11) is 3.13. The van der Waals surface area contributed by atoms with Crippen LogP contribution < -0.4 is 20.1 Å². The summed E-state index contributed by atoms with van der Waals surface area (Å²) in [5.41, 5.74) is 0.677. The quantitative estimate of drug-likeness (QED) is 0.663. The predicted molar refractivity (Wildman–Crippen MR) is 95.7 cm³/mol. The Bertz CT molecular complexity index is 669. The first-order valence-corrected chi connectivity index (χ1v) is 8.17. The van der Waals surface area contributed by atoms with Crippen LogP contribution in [0.1, 0.15) is 26.2 Å². The first-order valence-electron chi connectivity index (χ1n) is 7.80. The third-order valence-electron chi connectivity index (χ3n) is 3.36. The summed E-state index contributed by atoms with van der Waals surface area (Å²) in [6.07, 6.45) is 4.94. The molecule has 2 aromatic rings. The molecule has 0 fully saturated rings. The Morgan fingerprint density at radius 1 is 1.12 bits per heavy atom. The molecule has 0 spiro atoms. The molecule has 0 aliphatic heterocycles. The molecule has 2 rings (SSSR count). The summed E-state index contributed by atoms with van der Waals surface area (Å²) in [6, 6.07) is 3.43. The van der Waals surface area contributed by atoms with Crippen molar-refractivity contribution in [3.05, 3.63) is 23.4 Å². The summed E-state index contributed by atoms with van der Waals surface area (Å²) in [5.74, 6) is 2.15. The molecule has 0 bridgehead atoms. The molecule has 0 atom stereocenters. The highest BCUT2D eigenvalue weighted by Gasteiger charge is 2.11. The monoisotopic (exact) mass is 351 g/mol. The maximum Gasteiger partial charge on any atom is 0.244 e. The SMILES string of the molecule is CCCCCNc1nncc(Nc2cc(OC)c(Cl)cc2OC)n1. The van der Waals surface area contributed by atoms with Crippen molar-refractivity contribution >= 4 is 29.1 Å². The van der Waals surface area contributed by atoms with Gasteiger partial charge in [0.15, 0.2) is 5.82 Å². The third-order valence-corrected chi connectivity index (χ3v) is 3.65. The normalized spacial score (nSPS) is 10.3. The van der Waals surface area contributed by atoms with E-state index in [1.807, 2.05) is 0 Å². The Kier molecular flexibility index (Phi) is 6.87. The van der Waals surface area contributed by atoms with Gasteiger partial charge >= 0.3 is 0 Å². The third kappa shape index (κ3) is 4.86. The fourth-order valence-corrected chi connectivity index (χ4v) is 2.34. The largest absolute Gasteiger partial charge is 0.495 e. The molecule has 1 aromatic heterocycles. The standard InChI is InChI=1S/C16H22ClN5O2/c1-4-5-6-7-18-16-21-15(10-19-22-16)20-12-9-13(23-2)11(17)8-14(12)24-3/h8-10H,4-7H2,1-3H3,(H2,18,20,21,22). The first-order chi connectivity index (χ1) is 11.7. The van der Waals surface area contributed by atoms with Gasteiger partial charge < -0.3 is 20.1 Å². The Morgan fingerprint density at radius 3 is 2.62 bits per heavy atom. The fraction of sp³-hybridized carbons (Fsp3) is 0.438. The molecular formula is C16H22ClN5O2. The number of methoxy groups -OCH3 is 2. The number of nitrogens with one attached hydrogen (secondary N) is 2. The smallest absolute Gasteiger partial charge is 0.244 e. The first kappa shape index (κ1) is 18.1. The number of benzene rings is 1. The number of hydrogen-bond acceptors (Lipinski definition) is 7. The van der Waals surface area contributed by atoms with Gasteiger partial charge in [-0.2, -0.15) is 10.1 Å². The van der Waals surface area contributed by atoms with Crippen molar-refractivity contribution in [3.63, 3.8) is 0 Å². The lowest BCUT2D eigenvalue weighted by molar-refractivity contribution is 0.405. The van der Waals surface area contributed by atoms with Crippen LogP contribution >= 0.6 is 11.6 Å². The van der Waals surface area contributed by atoms with E-state index < -0.39 is 0 Å². The maximum atomic E-state index is 6.11. The highest BCUT2D eigenvalue weighted by Crippen LogP contribution is 2.36. The molecule has 1 aromatic carbocycles. The fourth-order valence-electron chi connectivity index (χ4n) is 2.11. The zero-order valence-corrected chi connectivity index (χ0v) is 14.9. The molecule has 0 saturated heterocycles. The van der Waals surface area contributed by atoms with E-state index in [0.717, 1.165) is 13.0 Å². The lowest BCUT2D eigenvalue weighted by atomic mass is 10.2. The van der Waals surface area contributed by atoms with E-state index in [0.29, 0.717) is 34.0 Å². The average molecular weight is 352 g/mol. The number of rotatable bonds is 9. The van der Waals surface area contributed by atoms with Gasteiger partial charge in [-0.1, -0.05) is 31.4 Å². The molecule has 8 heteroatoms. The molecule has 2 N–H and O–H groups in total. The number of halogens is 1. The summed E-state index contributed by atoms with van der Waals surface area (Å²) < 4.78 is 10.6. The second kappa shape index (κ2) is 9.12. The molecule has 0 radical (unpaired) electrons. The maximum absolute atomic E-state index is 6.11. The topological polar surface area (TPSA) is 81.2 Å². The minimum absolute atomic E-state index is 0.471. The summed E-state index contributed by atoms with van der Waals surface area (Å²) >= 11 is 6.11. The van der Waals surface area contributed by atoms with E-state index in [4.69, 9.17) is 21.1 Å². The van der Waals surface area contributed by atoms with E-state index in [1.54, 1.807) is 26.4 Å². The molecule has 130 valence electrons. The Hall–Kier alpha value is -2.28. The molecule has 7 nitrogen and oxygen atoms in total. The van der Waals surface area contributed by atoms with E-state index in [2.05, 4.69) is 32.7 Å². The van der Waals surface area contributed by atoms with Gasteiger partial charge in [-0.3, -0.25) is 0 Å². The molecule has 24 heavy (non-hydrogen) atoms. The van der Waals surface area contributed by atoms with Crippen molar-refractivity contribution in [2.45, 2.75) is 26.2 Å². The van der Waals surface area contributed by atoms with E-state index in [9.17, 15) is 0 Å². The molecule has 1 heterocycles. The summed E-state index contributed by atoms with van der Waals surface area (Å²) in [6.45, 7) is 2.98. The highest BCUT2D eigenvalue weighted by atomic mass is 35.5. The van der Waals surface area contributed by atoms with Gasteiger partial charge in [-0.05, 0) is 6.42 Å². The van der Waals surface area contributed by atoms with Gasteiger partial charge in [0, 0.05) is 18.7 Å². The lowest BCUT2D eigenvalue weighted by Crippen LogP contribution is -2.08. The van der Waals surface area contributed by atoms with Crippen molar-refractivity contribution in [2.24, 2.45) is 0 Å². The molecule has 0 aliphatic carbocycles. The minimum atomic E-state index is 0.471. The zero-order chi connectivity index (χ0) is 17.4. The van der Waals surface area contributed by atoms with Crippen LogP contribution in [0.15, 0.2) is 18.3 Å². The predicted octanol–water partition coefficient (Wildman–Crippen LogP) is 3.89. The number of anilines is 3.